The van der Waals surface area contributed by atoms with Gasteiger partial charge in [-0.05, 0) is 23.1 Å². The lowest BCUT2D eigenvalue weighted by atomic mass is 9.78. The molecule has 71 valence electrons. The SMILES string of the molecule is C[C](c1ccc(N)cc1)C(C)(C)C. The Labute approximate surface area is 81.0 Å². The Kier molecular flexibility index (Phi) is 2.65. The molecule has 13 heavy (non-hydrogen) atoms. The van der Waals surface area contributed by atoms with Crippen LogP contribution in [0, 0.1) is 11.3 Å². The lowest BCUT2D eigenvalue weighted by Crippen LogP contribution is -2.16. The maximum absolute atomic E-state index is 5.63. The molecule has 0 spiro atoms. The number of anilines is 1. The monoisotopic (exact) mass is 176 g/mol. The van der Waals surface area contributed by atoms with Gasteiger partial charge in [-0.2, -0.15) is 0 Å². The Morgan fingerprint density at radius 3 is 1.92 bits per heavy atom. The average Bonchev–Trinajstić information content (AvgIpc) is 2.03. The Morgan fingerprint density at radius 2 is 1.54 bits per heavy atom. The summed E-state index contributed by atoms with van der Waals surface area (Å²) in [5, 5.41) is 0. The van der Waals surface area contributed by atoms with E-state index >= 15 is 0 Å². The molecule has 0 unspecified atom stereocenters. The van der Waals surface area contributed by atoms with Crippen molar-refractivity contribution in [2.45, 2.75) is 27.7 Å². The molecule has 0 saturated heterocycles. The molecule has 1 radical (unpaired) electrons. The first-order chi connectivity index (χ1) is 5.91. The van der Waals surface area contributed by atoms with E-state index in [0.29, 0.717) is 0 Å². The quantitative estimate of drug-likeness (QED) is 0.653. The molecular weight excluding hydrogens is 158 g/mol. The van der Waals surface area contributed by atoms with Crippen LogP contribution in [0.25, 0.3) is 0 Å². The maximum atomic E-state index is 5.63. The second kappa shape index (κ2) is 3.41. The van der Waals surface area contributed by atoms with Crippen LogP contribution in [0.3, 0.4) is 0 Å². The van der Waals surface area contributed by atoms with E-state index in [1.165, 1.54) is 11.5 Å². The lowest BCUT2D eigenvalue weighted by Gasteiger charge is -2.26. The van der Waals surface area contributed by atoms with Crippen molar-refractivity contribution in [3.63, 3.8) is 0 Å². The third-order valence-electron chi connectivity index (χ3n) is 2.47. The zero-order valence-corrected chi connectivity index (χ0v) is 8.89. The van der Waals surface area contributed by atoms with Gasteiger partial charge in [-0.15, -0.1) is 0 Å². The maximum Gasteiger partial charge on any atom is 0.0314 e. The zero-order chi connectivity index (χ0) is 10.1. The van der Waals surface area contributed by atoms with Gasteiger partial charge in [0.2, 0.25) is 0 Å². The zero-order valence-electron chi connectivity index (χ0n) is 8.89. The summed E-state index contributed by atoms with van der Waals surface area (Å²) in [5.41, 5.74) is 7.96. The normalized spacial score (nSPS) is 12.1. The van der Waals surface area contributed by atoms with Gasteiger partial charge in [-0.1, -0.05) is 39.8 Å². The molecule has 0 saturated carbocycles. The lowest BCUT2D eigenvalue weighted by molar-refractivity contribution is 0.451. The van der Waals surface area contributed by atoms with Gasteiger partial charge in [-0.3, -0.25) is 0 Å². The Hall–Kier alpha value is -0.980. The number of benzene rings is 1. The van der Waals surface area contributed by atoms with Gasteiger partial charge in [0.15, 0.2) is 0 Å². The van der Waals surface area contributed by atoms with Gasteiger partial charge < -0.3 is 5.73 Å². The van der Waals surface area contributed by atoms with E-state index in [9.17, 15) is 0 Å². The van der Waals surface area contributed by atoms with Gasteiger partial charge in [0.1, 0.15) is 0 Å². The van der Waals surface area contributed by atoms with E-state index in [-0.39, 0.29) is 5.41 Å². The van der Waals surface area contributed by atoms with Crippen LogP contribution >= 0.6 is 0 Å². The highest BCUT2D eigenvalue weighted by Gasteiger charge is 2.21. The van der Waals surface area contributed by atoms with Gasteiger partial charge >= 0.3 is 0 Å². The molecule has 1 rings (SSSR count). The van der Waals surface area contributed by atoms with Gasteiger partial charge in [0.25, 0.3) is 0 Å². The van der Waals surface area contributed by atoms with Crippen molar-refractivity contribution in [2.24, 2.45) is 5.41 Å². The second-order valence-corrected chi connectivity index (χ2v) is 4.50. The molecule has 2 N–H and O–H groups in total. The summed E-state index contributed by atoms with van der Waals surface area (Å²) in [6, 6.07) is 8.06. The third kappa shape index (κ3) is 2.48. The molecule has 1 nitrogen and oxygen atoms in total. The van der Waals surface area contributed by atoms with Gasteiger partial charge in [0, 0.05) is 11.6 Å². The molecule has 1 aromatic rings. The number of nitrogen functional groups attached to an aromatic ring is 1. The predicted molar refractivity (Wildman–Crippen MR) is 58.3 cm³/mol. The van der Waals surface area contributed by atoms with Crippen LogP contribution in [-0.4, -0.2) is 0 Å². The fourth-order valence-electron chi connectivity index (χ4n) is 1.17. The molecule has 0 aliphatic carbocycles. The summed E-state index contributed by atoms with van der Waals surface area (Å²) >= 11 is 0. The minimum absolute atomic E-state index is 0.232. The number of rotatable bonds is 1. The second-order valence-electron chi connectivity index (χ2n) is 4.50. The first-order valence-electron chi connectivity index (χ1n) is 4.61. The van der Waals surface area contributed by atoms with Crippen LogP contribution in [0.2, 0.25) is 0 Å². The highest BCUT2D eigenvalue weighted by Crippen LogP contribution is 2.33. The average molecular weight is 176 g/mol. The van der Waals surface area contributed by atoms with E-state index in [0.717, 1.165) is 5.69 Å². The Bertz CT molecular complexity index is 266. The summed E-state index contributed by atoms with van der Waals surface area (Å²) in [7, 11) is 0. The topological polar surface area (TPSA) is 26.0 Å². The fourth-order valence-corrected chi connectivity index (χ4v) is 1.17. The van der Waals surface area contributed by atoms with Crippen molar-refractivity contribution in [1.82, 2.24) is 0 Å². The first kappa shape index (κ1) is 10.1. The van der Waals surface area contributed by atoms with E-state index in [2.05, 4.69) is 39.8 Å². The third-order valence-corrected chi connectivity index (χ3v) is 2.47. The van der Waals surface area contributed by atoms with Gasteiger partial charge in [0.05, 0.1) is 0 Å². The molecule has 0 aromatic heterocycles. The largest absolute Gasteiger partial charge is 0.399 e. The van der Waals surface area contributed by atoms with Gasteiger partial charge in [-0.25, -0.2) is 0 Å². The Balaban J connectivity index is 2.90. The predicted octanol–water partition coefficient (Wildman–Crippen LogP) is 3.26. The summed E-state index contributed by atoms with van der Waals surface area (Å²) in [4.78, 5) is 0. The molecular formula is C12H18N. The molecule has 0 amide bonds. The number of hydrogen-bond acceptors (Lipinski definition) is 1. The molecule has 1 aromatic carbocycles. The number of hydrogen-bond donors (Lipinski definition) is 1. The molecule has 0 heterocycles. The van der Waals surface area contributed by atoms with Crippen LogP contribution in [-0.2, 0) is 0 Å². The minimum atomic E-state index is 0.232. The van der Waals surface area contributed by atoms with Crippen LogP contribution in [0.4, 0.5) is 5.69 Å². The molecule has 1 heteroatoms. The van der Waals surface area contributed by atoms with Crippen molar-refractivity contribution < 1.29 is 0 Å². The summed E-state index contributed by atoms with van der Waals surface area (Å²) in [6.45, 7) is 8.83. The first-order valence-corrected chi connectivity index (χ1v) is 4.61. The van der Waals surface area contributed by atoms with E-state index in [4.69, 9.17) is 5.73 Å². The minimum Gasteiger partial charge on any atom is -0.399 e. The van der Waals surface area contributed by atoms with Crippen molar-refractivity contribution in [1.29, 1.82) is 0 Å². The van der Waals surface area contributed by atoms with E-state index < -0.39 is 0 Å². The smallest absolute Gasteiger partial charge is 0.0314 e. The highest BCUT2D eigenvalue weighted by molar-refractivity contribution is 5.43. The van der Waals surface area contributed by atoms with Crippen LogP contribution in [0.1, 0.15) is 33.3 Å². The molecule has 0 fully saturated rings. The van der Waals surface area contributed by atoms with Crippen molar-refractivity contribution in [3.8, 4) is 0 Å². The van der Waals surface area contributed by atoms with Crippen molar-refractivity contribution >= 4 is 5.69 Å². The molecule has 0 aliphatic rings. The molecule has 0 atom stereocenters. The Morgan fingerprint density at radius 1 is 1.08 bits per heavy atom. The summed E-state index contributed by atoms with van der Waals surface area (Å²) < 4.78 is 0. The number of nitrogens with two attached hydrogens (primary N) is 1. The van der Waals surface area contributed by atoms with Crippen LogP contribution in [0.5, 0.6) is 0 Å². The van der Waals surface area contributed by atoms with Crippen molar-refractivity contribution in [3.05, 3.63) is 35.7 Å². The van der Waals surface area contributed by atoms with Crippen LogP contribution in [0.15, 0.2) is 24.3 Å². The standard InChI is InChI=1S/C12H18N/c1-9(12(2,3)4)10-5-7-11(13)8-6-10/h5-8H,13H2,1-4H3. The summed E-state index contributed by atoms with van der Waals surface area (Å²) in [5.74, 6) is 1.40. The van der Waals surface area contributed by atoms with Crippen molar-refractivity contribution in [2.75, 3.05) is 5.73 Å². The van der Waals surface area contributed by atoms with E-state index in [1.54, 1.807) is 0 Å². The molecule has 0 bridgehead atoms. The van der Waals surface area contributed by atoms with Crippen LogP contribution < -0.4 is 5.73 Å². The summed E-state index contributed by atoms with van der Waals surface area (Å²) in [6.07, 6.45) is 0. The van der Waals surface area contributed by atoms with E-state index in [1.807, 2.05) is 12.1 Å². The fraction of sp³-hybridized carbons (Fsp3) is 0.417. The highest BCUT2D eigenvalue weighted by atomic mass is 14.5. The molecule has 0 aliphatic heterocycles.